The fraction of sp³-hybridized carbons (Fsp3) is 0.625. The van der Waals surface area contributed by atoms with Crippen LogP contribution in [0.4, 0.5) is 0 Å². The fourth-order valence-electron chi connectivity index (χ4n) is 2.52. The summed E-state index contributed by atoms with van der Waals surface area (Å²) in [6.07, 6.45) is 0.986. The Hall–Kier alpha value is -0.460. The Morgan fingerprint density at radius 1 is 1.10 bits per heavy atom. The van der Waals surface area contributed by atoms with Gasteiger partial charge in [-0.05, 0) is 31.0 Å². The number of nitrogens with zero attached hydrogens (tertiary/aromatic N) is 1. The number of hydrogen-bond donors (Lipinski definition) is 1. The molecule has 1 aromatic carbocycles. The van der Waals surface area contributed by atoms with Gasteiger partial charge in [0.15, 0.2) is 0 Å². The van der Waals surface area contributed by atoms with Crippen LogP contribution in [0, 0.1) is 0 Å². The van der Waals surface area contributed by atoms with Crippen LogP contribution in [0.15, 0.2) is 28.7 Å². The van der Waals surface area contributed by atoms with E-state index in [1.54, 1.807) is 14.2 Å². The normalized spacial score (nSPS) is 14.4. The highest BCUT2D eigenvalue weighted by Crippen LogP contribution is 2.25. The Labute approximate surface area is 136 Å². The molecule has 5 heteroatoms. The second-order valence-corrected chi connectivity index (χ2v) is 6.15. The molecule has 1 aromatic rings. The molecule has 0 heterocycles. The minimum Gasteiger partial charge on any atom is -0.385 e. The summed E-state index contributed by atoms with van der Waals surface area (Å²) >= 11 is 3.48. The van der Waals surface area contributed by atoms with Crippen LogP contribution >= 0.6 is 15.9 Å². The lowest BCUT2D eigenvalue weighted by molar-refractivity contribution is 0.0981. The summed E-state index contributed by atoms with van der Waals surface area (Å²) in [5, 5.41) is 0. The molecule has 21 heavy (non-hydrogen) atoms. The Balaban J connectivity index is 2.86. The maximum Gasteiger partial charge on any atom is 0.0589 e. The quantitative estimate of drug-likeness (QED) is 0.653. The molecule has 2 atom stereocenters. The highest BCUT2D eigenvalue weighted by Gasteiger charge is 2.23. The summed E-state index contributed by atoms with van der Waals surface area (Å²) in [6, 6.07) is 8.63. The van der Waals surface area contributed by atoms with Gasteiger partial charge in [-0.25, -0.2) is 0 Å². The van der Waals surface area contributed by atoms with Crippen molar-refractivity contribution < 1.29 is 9.47 Å². The zero-order valence-electron chi connectivity index (χ0n) is 13.2. The molecule has 4 nitrogen and oxygen atoms in total. The third-order valence-corrected chi connectivity index (χ3v) is 4.01. The highest BCUT2D eigenvalue weighted by atomic mass is 79.9. The predicted molar refractivity (Wildman–Crippen MR) is 90.5 cm³/mol. The molecule has 0 saturated carbocycles. The van der Waals surface area contributed by atoms with E-state index in [1.165, 1.54) is 5.56 Å². The Kier molecular flexibility index (Phi) is 9.11. The average molecular weight is 359 g/mol. The first-order chi connectivity index (χ1) is 10.1. The zero-order chi connectivity index (χ0) is 15.7. The molecule has 0 saturated heterocycles. The van der Waals surface area contributed by atoms with Crippen molar-refractivity contribution in [1.29, 1.82) is 0 Å². The molecular weight excluding hydrogens is 332 g/mol. The molecule has 0 aliphatic carbocycles. The van der Waals surface area contributed by atoms with E-state index in [4.69, 9.17) is 15.2 Å². The van der Waals surface area contributed by atoms with E-state index < -0.39 is 0 Å². The van der Waals surface area contributed by atoms with Gasteiger partial charge in [0.2, 0.25) is 0 Å². The van der Waals surface area contributed by atoms with Crippen LogP contribution in [0.25, 0.3) is 0 Å². The molecule has 0 spiro atoms. The van der Waals surface area contributed by atoms with Gasteiger partial charge in [0.1, 0.15) is 0 Å². The van der Waals surface area contributed by atoms with E-state index in [2.05, 4.69) is 52.0 Å². The summed E-state index contributed by atoms with van der Waals surface area (Å²) in [5.74, 6) is 0. The third kappa shape index (κ3) is 6.45. The molecular formula is C16H27BrN2O2. The number of methoxy groups -OCH3 is 2. The van der Waals surface area contributed by atoms with Gasteiger partial charge < -0.3 is 15.2 Å². The van der Waals surface area contributed by atoms with Crippen molar-refractivity contribution in [3.05, 3.63) is 34.3 Å². The summed E-state index contributed by atoms with van der Waals surface area (Å²) in [4.78, 5) is 2.39. The third-order valence-electron chi connectivity index (χ3n) is 3.48. The van der Waals surface area contributed by atoms with Crippen LogP contribution in [0.3, 0.4) is 0 Å². The van der Waals surface area contributed by atoms with E-state index in [-0.39, 0.29) is 12.1 Å². The molecule has 0 aliphatic heterocycles. The van der Waals surface area contributed by atoms with E-state index in [0.29, 0.717) is 6.61 Å². The van der Waals surface area contributed by atoms with E-state index in [9.17, 15) is 0 Å². The van der Waals surface area contributed by atoms with Gasteiger partial charge in [-0.15, -0.1) is 0 Å². The Morgan fingerprint density at radius 3 is 2.24 bits per heavy atom. The van der Waals surface area contributed by atoms with Crippen molar-refractivity contribution in [2.45, 2.75) is 25.4 Å². The minimum absolute atomic E-state index is 0.0468. The van der Waals surface area contributed by atoms with Crippen LogP contribution in [-0.4, -0.2) is 51.5 Å². The van der Waals surface area contributed by atoms with Gasteiger partial charge in [-0.1, -0.05) is 28.1 Å². The summed E-state index contributed by atoms with van der Waals surface area (Å²) in [6.45, 7) is 5.33. The topological polar surface area (TPSA) is 47.7 Å². The van der Waals surface area contributed by atoms with E-state index >= 15 is 0 Å². The van der Waals surface area contributed by atoms with E-state index in [0.717, 1.165) is 30.6 Å². The summed E-state index contributed by atoms with van der Waals surface area (Å²) in [7, 11) is 3.46. The molecule has 2 unspecified atom stereocenters. The number of rotatable bonds is 10. The van der Waals surface area contributed by atoms with Gasteiger partial charge in [-0.3, -0.25) is 4.90 Å². The molecule has 0 aromatic heterocycles. The summed E-state index contributed by atoms with van der Waals surface area (Å²) < 4.78 is 11.5. The average Bonchev–Trinajstić information content (AvgIpc) is 2.46. The summed E-state index contributed by atoms with van der Waals surface area (Å²) in [5.41, 5.74) is 7.50. The molecule has 0 aliphatic rings. The maximum absolute atomic E-state index is 6.26. The lowest BCUT2D eigenvalue weighted by atomic mass is 9.99. The van der Waals surface area contributed by atoms with Crippen LogP contribution < -0.4 is 5.73 Å². The highest BCUT2D eigenvalue weighted by molar-refractivity contribution is 9.10. The minimum atomic E-state index is 0.0468. The van der Waals surface area contributed by atoms with Crippen molar-refractivity contribution in [2.75, 3.05) is 40.5 Å². The lowest BCUT2D eigenvalue weighted by Crippen LogP contribution is -2.41. The Bertz CT molecular complexity index is 384. The molecule has 0 amide bonds. The van der Waals surface area contributed by atoms with Crippen molar-refractivity contribution >= 4 is 15.9 Å². The van der Waals surface area contributed by atoms with Crippen molar-refractivity contribution in [1.82, 2.24) is 4.90 Å². The van der Waals surface area contributed by atoms with Crippen LogP contribution in [0.1, 0.15) is 24.9 Å². The number of benzene rings is 1. The number of nitrogens with two attached hydrogens (primary N) is 1. The van der Waals surface area contributed by atoms with Gasteiger partial charge >= 0.3 is 0 Å². The molecule has 120 valence electrons. The monoisotopic (exact) mass is 358 g/mol. The predicted octanol–water partition coefficient (Wildman–Crippen LogP) is 2.82. The number of ether oxygens (including phenoxy) is 2. The molecule has 1 rings (SSSR count). The number of hydrogen-bond acceptors (Lipinski definition) is 4. The lowest BCUT2D eigenvalue weighted by Gasteiger charge is -2.34. The first-order valence-corrected chi connectivity index (χ1v) is 8.12. The van der Waals surface area contributed by atoms with Gasteiger partial charge in [0.25, 0.3) is 0 Å². The Morgan fingerprint density at radius 2 is 1.71 bits per heavy atom. The second kappa shape index (κ2) is 10.3. The van der Waals surface area contributed by atoms with Crippen LogP contribution in [-0.2, 0) is 9.47 Å². The molecule has 0 bridgehead atoms. The fourth-order valence-corrected chi connectivity index (χ4v) is 2.78. The second-order valence-electron chi connectivity index (χ2n) is 5.23. The van der Waals surface area contributed by atoms with Crippen molar-refractivity contribution in [3.8, 4) is 0 Å². The van der Waals surface area contributed by atoms with Crippen molar-refractivity contribution in [2.24, 2.45) is 5.73 Å². The standard InChI is InChI=1S/C16H27BrN2O2/c1-13(18)16(14-5-7-15(17)8-6-14)19(10-12-21-3)9-4-11-20-2/h5-8,13,16H,4,9-12,18H2,1-3H3. The molecule has 0 radical (unpaired) electrons. The van der Waals surface area contributed by atoms with Gasteiger partial charge in [-0.2, -0.15) is 0 Å². The van der Waals surface area contributed by atoms with Crippen LogP contribution in [0.2, 0.25) is 0 Å². The molecule has 0 fully saturated rings. The van der Waals surface area contributed by atoms with Gasteiger partial charge in [0.05, 0.1) is 6.61 Å². The van der Waals surface area contributed by atoms with Gasteiger partial charge in [0, 0.05) is 50.5 Å². The SMILES string of the molecule is COCCCN(CCOC)C(c1ccc(Br)cc1)C(C)N. The zero-order valence-corrected chi connectivity index (χ0v) is 14.8. The number of halogens is 1. The first kappa shape index (κ1) is 18.6. The van der Waals surface area contributed by atoms with Crippen molar-refractivity contribution in [3.63, 3.8) is 0 Å². The largest absolute Gasteiger partial charge is 0.385 e. The maximum atomic E-state index is 6.26. The van der Waals surface area contributed by atoms with E-state index in [1.807, 2.05) is 0 Å². The first-order valence-electron chi connectivity index (χ1n) is 7.33. The smallest absolute Gasteiger partial charge is 0.0589 e. The van der Waals surface area contributed by atoms with Crippen LogP contribution in [0.5, 0.6) is 0 Å². The molecule has 2 N–H and O–H groups in total.